The summed E-state index contributed by atoms with van der Waals surface area (Å²) in [6.45, 7) is 2.69. The molecule has 1 rings (SSSR count). The average Bonchev–Trinajstić information content (AvgIpc) is 2.41. The van der Waals surface area contributed by atoms with E-state index in [9.17, 15) is 0 Å². The highest BCUT2D eigenvalue weighted by molar-refractivity contribution is 4.81. The average molecular weight is 142 g/mol. The van der Waals surface area contributed by atoms with Crippen molar-refractivity contribution in [3.63, 3.8) is 0 Å². The molecule has 0 saturated heterocycles. The molecule has 1 aliphatic rings. The summed E-state index contributed by atoms with van der Waals surface area (Å²) in [6.07, 6.45) is 5.93. The molecule has 0 amide bonds. The van der Waals surface area contributed by atoms with Crippen molar-refractivity contribution in [1.29, 1.82) is 0 Å². The maximum absolute atomic E-state index is 5.34. The van der Waals surface area contributed by atoms with Crippen LogP contribution in [0.15, 0.2) is 12.3 Å². The predicted octanol–water partition coefficient (Wildman–Crippen LogP) is 0.486. The zero-order chi connectivity index (χ0) is 7.23. The minimum atomic E-state index is 0.779. The molecule has 0 aromatic carbocycles. The summed E-state index contributed by atoms with van der Waals surface area (Å²) < 4.78 is 0. The van der Waals surface area contributed by atoms with Gasteiger partial charge in [-0.05, 0) is 25.5 Å². The van der Waals surface area contributed by atoms with E-state index in [1.165, 1.54) is 0 Å². The molecule has 0 radical (unpaired) electrons. The second kappa shape index (κ2) is 4.30. The monoisotopic (exact) mass is 142 g/mol. The van der Waals surface area contributed by atoms with Crippen LogP contribution in [-0.4, -0.2) is 24.7 Å². The molecule has 0 fully saturated rings. The summed E-state index contributed by atoms with van der Waals surface area (Å²) in [6, 6.07) is 0. The van der Waals surface area contributed by atoms with Gasteiger partial charge in [0.05, 0.1) is 6.54 Å². The number of hydroxylamine groups is 2. The first-order chi connectivity index (χ1) is 4.93. The second-order valence-corrected chi connectivity index (χ2v) is 2.36. The molecule has 3 nitrogen and oxygen atoms in total. The van der Waals surface area contributed by atoms with Gasteiger partial charge >= 0.3 is 0 Å². The fourth-order valence-corrected chi connectivity index (χ4v) is 0.909. The first-order valence-corrected chi connectivity index (χ1v) is 3.70. The van der Waals surface area contributed by atoms with Gasteiger partial charge in [0.15, 0.2) is 0 Å². The van der Waals surface area contributed by atoms with Crippen molar-refractivity contribution < 1.29 is 4.84 Å². The molecule has 58 valence electrons. The quantitative estimate of drug-likeness (QED) is 0.580. The van der Waals surface area contributed by atoms with E-state index < -0.39 is 0 Å². The summed E-state index contributed by atoms with van der Waals surface area (Å²) in [5.41, 5.74) is 5.34. The third kappa shape index (κ3) is 2.37. The van der Waals surface area contributed by atoms with Crippen molar-refractivity contribution >= 4 is 0 Å². The first-order valence-electron chi connectivity index (χ1n) is 3.70. The van der Waals surface area contributed by atoms with Crippen LogP contribution in [0.25, 0.3) is 0 Å². The zero-order valence-corrected chi connectivity index (χ0v) is 6.12. The van der Waals surface area contributed by atoms with Crippen LogP contribution >= 0.6 is 0 Å². The molecule has 0 saturated carbocycles. The van der Waals surface area contributed by atoms with E-state index in [0.29, 0.717) is 0 Å². The van der Waals surface area contributed by atoms with Crippen LogP contribution in [0.2, 0.25) is 0 Å². The van der Waals surface area contributed by atoms with Crippen molar-refractivity contribution in [2.24, 2.45) is 5.73 Å². The minimum absolute atomic E-state index is 0.779. The largest absolute Gasteiger partial charge is 0.414 e. The molecule has 1 heterocycles. The van der Waals surface area contributed by atoms with Gasteiger partial charge in [0.1, 0.15) is 6.26 Å². The van der Waals surface area contributed by atoms with Crippen molar-refractivity contribution in [3.8, 4) is 0 Å². The molecule has 1 aliphatic heterocycles. The lowest BCUT2D eigenvalue weighted by atomic mass is 10.3. The zero-order valence-electron chi connectivity index (χ0n) is 6.12. The molecule has 0 aromatic rings. The van der Waals surface area contributed by atoms with E-state index in [2.05, 4.69) is 0 Å². The van der Waals surface area contributed by atoms with Gasteiger partial charge in [-0.3, -0.25) is 0 Å². The highest BCUT2D eigenvalue weighted by atomic mass is 16.7. The highest BCUT2D eigenvalue weighted by Gasteiger charge is 2.05. The lowest BCUT2D eigenvalue weighted by molar-refractivity contribution is -0.0758. The Morgan fingerprint density at radius 3 is 3.00 bits per heavy atom. The first kappa shape index (κ1) is 7.57. The molecule has 10 heavy (non-hydrogen) atoms. The van der Waals surface area contributed by atoms with Crippen molar-refractivity contribution in [2.75, 3.05) is 19.6 Å². The standard InChI is InChI=1S/C7H14N2O/c8-4-1-2-5-9-6-3-7-10-9/h3,7H,1-2,4-6,8H2. The summed E-state index contributed by atoms with van der Waals surface area (Å²) in [5.74, 6) is 0. The Balaban J connectivity index is 1.93. The van der Waals surface area contributed by atoms with Gasteiger partial charge in [-0.1, -0.05) is 0 Å². The number of hydrogen-bond acceptors (Lipinski definition) is 3. The molecule has 0 spiro atoms. The lowest BCUT2D eigenvalue weighted by Gasteiger charge is -2.12. The van der Waals surface area contributed by atoms with E-state index in [0.717, 1.165) is 32.5 Å². The molecule has 3 heteroatoms. The summed E-state index contributed by atoms with van der Waals surface area (Å²) in [4.78, 5) is 5.11. The molecule has 0 unspecified atom stereocenters. The maximum Gasteiger partial charge on any atom is 0.109 e. The van der Waals surface area contributed by atoms with Crippen LogP contribution in [-0.2, 0) is 4.84 Å². The summed E-state index contributed by atoms with van der Waals surface area (Å²) in [5, 5.41) is 1.93. The molecule has 0 atom stereocenters. The number of nitrogens with two attached hydrogens (primary N) is 1. The van der Waals surface area contributed by atoms with Crippen LogP contribution in [0, 0.1) is 0 Å². The van der Waals surface area contributed by atoms with Crippen LogP contribution < -0.4 is 5.73 Å². The van der Waals surface area contributed by atoms with Crippen LogP contribution in [0.3, 0.4) is 0 Å². The van der Waals surface area contributed by atoms with Gasteiger partial charge < -0.3 is 10.6 Å². The molecular weight excluding hydrogens is 128 g/mol. The maximum atomic E-state index is 5.34. The third-order valence-corrected chi connectivity index (χ3v) is 1.48. The SMILES string of the molecule is NCCCCN1CC=CO1. The Labute approximate surface area is 61.4 Å². The Hall–Kier alpha value is -0.540. The van der Waals surface area contributed by atoms with Gasteiger partial charge in [0, 0.05) is 6.54 Å². The fourth-order valence-electron chi connectivity index (χ4n) is 0.909. The van der Waals surface area contributed by atoms with Crippen LogP contribution in [0.5, 0.6) is 0 Å². The van der Waals surface area contributed by atoms with Gasteiger partial charge in [-0.15, -0.1) is 5.06 Å². The topological polar surface area (TPSA) is 38.5 Å². The Morgan fingerprint density at radius 2 is 2.40 bits per heavy atom. The minimum Gasteiger partial charge on any atom is -0.414 e. The van der Waals surface area contributed by atoms with Gasteiger partial charge in [-0.25, -0.2) is 0 Å². The number of unbranched alkanes of at least 4 members (excludes halogenated alkanes) is 1. The number of nitrogens with zero attached hydrogens (tertiary/aromatic N) is 1. The van der Waals surface area contributed by atoms with Gasteiger partial charge in [-0.2, -0.15) is 0 Å². The summed E-state index contributed by atoms with van der Waals surface area (Å²) in [7, 11) is 0. The second-order valence-electron chi connectivity index (χ2n) is 2.36. The van der Waals surface area contributed by atoms with Gasteiger partial charge in [0.2, 0.25) is 0 Å². The molecule has 2 N–H and O–H groups in total. The molecular formula is C7H14N2O. The Morgan fingerprint density at radius 1 is 1.50 bits per heavy atom. The third-order valence-electron chi connectivity index (χ3n) is 1.48. The van der Waals surface area contributed by atoms with E-state index in [1.54, 1.807) is 6.26 Å². The highest BCUT2D eigenvalue weighted by Crippen LogP contribution is 2.02. The van der Waals surface area contributed by atoms with Gasteiger partial charge in [0.25, 0.3) is 0 Å². The predicted molar refractivity (Wildman–Crippen MR) is 40.1 cm³/mol. The fraction of sp³-hybridized carbons (Fsp3) is 0.714. The van der Waals surface area contributed by atoms with Crippen molar-refractivity contribution in [3.05, 3.63) is 12.3 Å². The van der Waals surface area contributed by atoms with E-state index in [-0.39, 0.29) is 0 Å². The Kier molecular flexibility index (Phi) is 3.26. The molecule has 0 aliphatic carbocycles. The van der Waals surface area contributed by atoms with Crippen LogP contribution in [0.4, 0.5) is 0 Å². The van der Waals surface area contributed by atoms with Crippen molar-refractivity contribution in [1.82, 2.24) is 5.06 Å². The molecule has 0 aromatic heterocycles. The normalized spacial score (nSPS) is 17.7. The van der Waals surface area contributed by atoms with E-state index >= 15 is 0 Å². The van der Waals surface area contributed by atoms with E-state index in [1.807, 2.05) is 11.1 Å². The molecule has 0 bridgehead atoms. The van der Waals surface area contributed by atoms with Crippen molar-refractivity contribution in [2.45, 2.75) is 12.8 Å². The number of hydrogen-bond donors (Lipinski definition) is 1. The Bertz CT molecular complexity index is 106. The lowest BCUT2D eigenvalue weighted by Crippen LogP contribution is -2.19. The number of rotatable bonds is 4. The summed E-state index contributed by atoms with van der Waals surface area (Å²) >= 11 is 0. The van der Waals surface area contributed by atoms with E-state index in [4.69, 9.17) is 10.6 Å². The van der Waals surface area contributed by atoms with Crippen LogP contribution in [0.1, 0.15) is 12.8 Å². The smallest absolute Gasteiger partial charge is 0.109 e.